The van der Waals surface area contributed by atoms with Gasteiger partial charge in [0.25, 0.3) is 0 Å². The van der Waals surface area contributed by atoms with E-state index in [-0.39, 0.29) is 5.91 Å². The van der Waals surface area contributed by atoms with Crippen LogP contribution in [0.2, 0.25) is 0 Å². The third-order valence-electron chi connectivity index (χ3n) is 4.79. The molecule has 0 aliphatic heterocycles. The van der Waals surface area contributed by atoms with Gasteiger partial charge in [0, 0.05) is 30.6 Å². The van der Waals surface area contributed by atoms with Gasteiger partial charge in [-0.3, -0.25) is 9.89 Å². The molecule has 7 heteroatoms. The summed E-state index contributed by atoms with van der Waals surface area (Å²) in [6.45, 7) is 0.504. The van der Waals surface area contributed by atoms with Gasteiger partial charge in [-0.25, -0.2) is 0 Å². The number of rotatable bonds is 6. The monoisotopic (exact) mass is 351 g/mol. The number of aromatic nitrogens is 4. The molecule has 1 aliphatic rings. The fourth-order valence-corrected chi connectivity index (χ4v) is 3.35. The number of benzene rings is 1. The predicted molar refractivity (Wildman–Crippen MR) is 95.1 cm³/mol. The van der Waals surface area contributed by atoms with Crippen LogP contribution in [-0.2, 0) is 30.6 Å². The first-order valence-electron chi connectivity index (χ1n) is 8.97. The molecule has 0 radical (unpaired) electrons. The highest BCUT2D eigenvalue weighted by Gasteiger charge is 2.17. The lowest BCUT2D eigenvalue weighted by Crippen LogP contribution is -2.23. The highest BCUT2D eigenvalue weighted by molar-refractivity contribution is 5.76. The maximum absolute atomic E-state index is 12.2. The van der Waals surface area contributed by atoms with Crippen LogP contribution in [0.15, 0.2) is 35.2 Å². The summed E-state index contributed by atoms with van der Waals surface area (Å²) < 4.78 is 4.74. The molecule has 134 valence electrons. The summed E-state index contributed by atoms with van der Waals surface area (Å²) in [5.41, 5.74) is 5.56. The lowest BCUT2D eigenvalue weighted by atomic mass is 9.94. The Morgan fingerprint density at radius 3 is 2.85 bits per heavy atom. The summed E-state index contributed by atoms with van der Waals surface area (Å²) in [6, 6.07) is 7.75. The third kappa shape index (κ3) is 3.66. The molecule has 1 aromatic carbocycles. The zero-order valence-corrected chi connectivity index (χ0v) is 14.5. The largest absolute Gasteiger partial charge is 0.352 e. The van der Waals surface area contributed by atoms with Crippen molar-refractivity contribution in [2.24, 2.45) is 0 Å². The van der Waals surface area contributed by atoms with Crippen LogP contribution in [0.3, 0.4) is 0 Å². The van der Waals surface area contributed by atoms with Crippen molar-refractivity contribution in [3.8, 4) is 11.4 Å². The van der Waals surface area contributed by atoms with Gasteiger partial charge in [0.15, 0.2) is 0 Å². The van der Waals surface area contributed by atoms with E-state index in [1.54, 1.807) is 0 Å². The Balaban J connectivity index is 1.27. The van der Waals surface area contributed by atoms with Crippen molar-refractivity contribution in [3.63, 3.8) is 0 Å². The molecule has 0 fully saturated rings. The smallest absolute Gasteiger partial charge is 0.220 e. The highest BCUT2D eigenvalue weighted by atomic mass is 16.5. The molecule has 4 rings (SSSR count). The molecule has 26 heavy (non-hydrogen) atoms. The quantitative estimate of drug-likeness (QED) is 0.711. The molecule has 0 bridgehead atoms. The summed E-state index contributed by atoms with van der Waals surface area (Å²) in [7, 11) is 0. The highest BCUT2D eigenvalue weighted by Crippen LogP contribution is 2.22. The first kappa shape index (κ1) is 16.5. The zero-order valence-electron chi connectivity index (χ0n) is 14.5. The Kier molecular flexibility index (Phi) is 4.77. The van der Waals surface area contributed by atoms with Crippen LogP contribution < -0.4 is 5.32 Å². The van der Waals surface area contributed by atoms with Crippen LogP contribution in [0.4, 0.5) is 0 Å². The maximum atomic E-state index is 12.2. The number of amides is 1. The Bertz CT molecular complexity index is 868. The maximum Gasteiger partial charge on any atom is 0.220 e. The van der Waals surface area contributed by atoms with Gasteiger partial charge < -0.3 is 9.84 Å². The number of carbonyl (C=O) groups excluding carboxylic acids is 1. The molecule has 0 atom stereocenters. The van der Waals surface area contributed by atoms with Crippen molar-refractivity contribution < 1.29 is 9.32 Å². The van der Waals surface area contributed by atoms with Crippen molar-refractivity contribution in [3.05, 3.63) is 53.2 Å². The molecule has 2 heterocycles. The van der Waals surface area contributed by atoms with Gasteiger partial charge in [-0.2, -0.15) is 10.1 Å². The molecule has 1 aliphatic carbocycles. The van der Waals surface area contributed by atoms with E-state index in [1.807, 2.05) is 24.3 Å². The molecule has 2 aromatic heterocycles. The van der Waals surface area contributed by atoms with Gasteiger partial charge in [-0.1, -0.05) is 29.4 Å². The second-order valence-corrected chi connectivity index (χ2v) is 6.56. The molecule has 0 saturated carbocycles. The summed E-state index contributed by atoms with van der Waals surface area (Å²) in [5, 5.41) is 14.3. The van der Waals surface area contributed by atoms with Crippen LogP contribution in [0, 0.1) is 0 Å². The Hall–Kier alpha value is -2.96. The van der Waals surface area contributed by atoms with Crippen LogP contribution in [-0.4, -0.2) is 26.2 Å². The van der Waals surface area contributed by atoms with Crippen molar-refractivity contribution in [2.45, 2.75) is 45.1 Å². The van der Waals surface area contributed by atoms with E-state index in [1.165, 1.54) is 30.5 Å². The van der Waals surface area contributed by atoms with Crippen LogP contribution >= 0.6 is 0 Å². The second kappa shape index (κ2) is 7.51. The SMILES string of the molecule is O=C(CCc1n[nH]c2c1CCCC2)NCc1ccc(-c2ncon2)cc1. The summed E-state index contributed by atoms with van der Waals surface area (Å²) in [4.78, 5) is 16.2. The van der Waals surface area contributed by atoms with Crippen molar-refractivity contribution >= 4 is 5.91 Å². The van der Waals surface area contributed by atoms with Crippen molar-refractivity contribution in [1.29, 1.82) is 0 Å². The van der Waals surface area contributed by atoms with E-state index in [0.717, 1.165) is 29.7 Å². The number of hydrogen-bond acceptors (Lipinski definition) is 5. The Morgan fingerprint density at radius 1 is 1.19 bits per heavy atom. The van der Waals surface area contributed by atoms with Gasteiger partial charge in [-0.05, 0) is 36.8 Å². The van der Waals surface area contributed by atoms with Gasteiger partial charge in [-0.15, -0.1) is 0 Å². The normalized spacial score (nSPS) is 13.4. The molecule has 0 spiro atoms. The lowest BCUT2D eigenvalue weighted by Gasteiger charge is -2.11. The number of H-pyrrole nitrogens is 1. The van der Waals surface area contributed by atoms with E-state index in [0.29, 0.717) is 25.2 Å². The summed E-state index contributed by atoms with van der Waals surface area (Å²) in [5.74, 6) is 0.600. The third-order valence-corrected chi connectivity index (χ3v) is 4.79. The Labute approximate surface area is 151 Å². The van der Waals surface area contributed by atoms with Gasteiger partial charge in [0.05, 0.1) is 5.69 Å². The first-order valence-corrected chi connectivity index (χ1v) is 8.97. The van der Waals surface area contributed by atoms with E-state index < -0.39 is 0 Å². The molecule has 7 nitrogen and oxygen atoms in total. The minimum absolute atomic E-state index is 0.0415. The average molecular weight is 351 g/mol. The summed E-state index contributed by atoms with van der Waals surface area (Å²) >= 11 is 0. The number of nitrogens with one attached hydrogen (secondary N) is 2. The number of hydrogen-bond donors (Lipinski definition) is 2. The first-order chi connectivity index (χ1) is 12.8. The fourth-order valence-electron chi connectivity index (χ4n) is 3.35. The number of carbonyl (C=O) groups is 1. The zero-order chi connectivity index (χ0) is 17.8. The minimum atomic E-state index is 0.0415. The molecular weight excluding hydrogens is 330 g/mol. The van der Waals surface area contributed by atoms with Gasteiger partial charge in [0.2, 0.25) is 18.1 Å². The van der Waals surface area contributed by atoms with Crippen LogP contribution in [0.5, 0.6) is 0 Å². The average Bonchev–Trinajstić information content (AvgIpc) is 3.35. The fraction of sp³-hybridized carbons (Fsp3) is 0.368. The number of aromatic amines is 1. The number of nitrogens with zero attached hydrogens (tertiary/aromatic N) is 3. The number of aryl methyl sites for hydroxylation is 2. The molecular formula is C19H21N5O2. The molecule has 3 aromatic rings. The van der Waals surface area contributed by atoms with Crippen LogP contribution in [0.25, 0.3) is 11.4 Å². The number of fused-ring (bicyclic) bond motifs is 1. The van der Waals surface area contributed by atoms with Crippen LogP contribution in [0.1, 0.15) is 41.8 Å². The topological polar surface area (TPSA) is 96.7 Å². The molecule has 1 amide bonds. The van der Waals surface area contributed by atoms with Crippen molar-refractivity contribution in [1.82, 2.24) is 25.7 Å². The van der Waals surface area contributed by atoms with E-state index >= 15 is 0 Å². The molecule has 0 saturated heterocycles. The van der Waals surface area contributed by atoms with E-state index in [2.05, 4.69) is 25.7 Å². The van der Waals surface area contributed by atoms with Gasteiger partial charge >= 0.3 is 0 Å². The van der Waals surface area contributed by atoms with Gasteiger partial charge in [0.1, 0.15) is 0 Å². The standard InChI is InChI=1S/C19H21N5O2/c25-18(10-9-17-15-3-1-2-4-16(15)22-23-17)20-11-13-5-7-14(8-6-13)19-21-12-26-24-19/h5-8,12H,1-4,9-11H2,(H,20,25)(H,22,23). The molecule has 2 N–H and O–H groups in total. The lowest BCUT2D eigenvalue weighted by molar-refractivity contribution is -0.121. The van der Waals surface area contributed by atoms with Crippen molar-refractivity contribution in [2.75, 3.05) is 0 Å². The summed E-state index contributed by atoms with van der Waals surface area (Å²) in [6.07, 6.45) is 7.04. The van der Waals surface area contributed by atoms with E-state index in [9.17, 15) is 4.79 Å². The molecule has 0 unspecified atom stereocenters. The second-order valence-electron chi connectivity index (χ2n) is 6.56. The Morgan fingerprint density at radius 2 is 2.04 bits per heavy atom. The minimum Gasteiger partial charge on any atom is -0.352 e. The van der Waals surface area contributed by atoms with E-state index in [4.69, 9.17) is 4.52 Å². The predicted octanol–water partition coefficient (Wildman–Crippen LogP) is 2.59.